The third-order valence-corrected chi connectivity index (χ3v) is 2.68. The van der Waals surface area contributed by atoms with E-state index in [0.29, 0.717) is 23.7 Å². The smallest absolute Gasteiger partial charge is 0.260 e. The van der Waals surface area contributed by atoms with Crippen LogP contribution >= 0.6 is 11.6 Å². The summed E-state index contributed by atoms with van der Waals surface area (Å²) in [4.78, 5) is 11.7. The molecule has 0 aliphatic carbocycles. The highest BCUT2D eigenvalue weighted by Gasteiger charge is 2.14. The number of ether oxygens (including phenoxy) is 1. The van der Waals surface area contributed by atoms with Crippen LogP contribution in [-0.4, -0.2) is 30.3 Å². The Labute approximate surface area is 112 Å². The Morgan fingerprint density at radius 3 is 2.89 bits per heavy atom. The minimum Gasteiger partial charge on any atom is -0.481 e. The molecule has 4 nitrogen and oxygen atoms in total. The predicted octanol–water partition coefficient (Wildman–Crippen LogP) is 1.91. The molecule has 1 aromatic carbocycles. The van der Waals surface area contributed by atoms with Crippen molar-refractivity contribution in [2.24, 2.45) is 0 Å². The van der Waals surface area contributed by atoms with Gasteiger partial charge in [-0.2, -0.15) is 0 Å². The summed E-state index contributed by atoms with van der Waals surface area (Å²) in [6.45, 7) is 4.06. The zero-order valence-electron chi connectivity index (χ0n) is 10.6. The Bertz CT molecular complexity index is 409. The van der Waals surface area contributed by atoms with Gasteiger partial charge in [0.15, 0.2) is 6.10 Å². The fourth-order valence-corrected chi connectivity index (χ4v) is 1.65. The van der Waals surface area contributed by atoms with Crippen LogP contribution in [0.4, 0.5) is 0 Å². The largest absolute Gasteiger partial charge is 0.481 e. The minimum atomic E-state index is -0.580. The number of aliphatic hydroxyl groups excluding tert-OH is 1. The zero-order valence-corrected chi connectivity index (χ0v) is 11.3. The van der Waals surface area contributed by atoms with Crippen LogP contribution in [0.15, 0.2) is 18.2 Å². The SMILES string of the molecule is Cc1cc(Cl)ccc1OC(C)C(=O)NCCCO. The van der Waals surface area contributed by atoms with E-state index in [9.17, 15) is 4.79 Å². The lowest BCUT2D eigenvalue weighted by atomic mass is 10.2. The molecule has 0 radical (unpaired) electrons. The summed E-state index contributed by atoms with van der Waals surface area (Å²) in [6, 6.07) is 5.25. The van der Waals surface area contributed by atoms with E-state index >= 15 is 0 Å². The first-order chi connectivity index (χ1) is 8.54. The first-order valence-corrected chi connectivity index (χ1v) is 6.23. The molecular weight excluding hydrogens is 254 g/mol. The van der Waals surface area contributed by atoms with Gasteiger partial charge >= 0.3 is 0 Å². The molecule has 0 aromatic heterocycles. The maximum absolute atomic E-state index is 11.7. The van der Waals surface area contributed by atoms with Crippen molar-refractivity contribution in [3.8, 4) is 5.75 Å². The summed E-state index contributed by atoms with van der Waals surface area (Å²) < 4.78 is 5.56. The number of amides is 1. The Morgan fingerprint density at radius 1 is 1.56 bits per heavy atom. The van der Waals surface area contributed by atoms with E-state index in [4.69, 9.17) is 21.4 Å². The van der Waals surface area contributed by atoms with Crippen molar-refractivity contribution < 1.29 is 14.6 Å². The standard InChI is InChI=1S/C13H18ClNO3/c1-9-8-11(14)4-5-12(9)18-10(2)13(17)15-6-3-7-16/h4-5,8,10,16H,3,6-7H2,1-2H3,(H,15,17). The zero-order chi connectivity index (χ0) is 13.5. The molecule has 0 saturated carbocycles. The number of hydrogen-bond acceptors (Lipinski definition) is 3. The Hall–Kier alpha value is -1.26. The lowest BCUT2D eigenvalue weighted by molar-refractivity contribution is -0.127. The molecule has 0 spiro atoms. The number of nitrogens with one attached hydrogen (secondary N) is 1. The highest BCUT2D eigenvalue weighted by atomic mass is 35.5. The summed E-state index contributed by atoms with van der Waals surface area (Å²) in [6.07, 6.45) is -0.0399. The molecule has 0 aliphatic rings. The quantitative estimate of drug-likeness (QED) is 0.777. The number of benzene rings is 1. The molecule has 100 valence electrons. The first kappa shape index (κ1) is 14.8. The van der Waals surface area contributed by atoms with Gasteiger partial charge in [0.25, 0.3) is 5.91 Å². The van der Waals surface area contributed by atoms with Crippen molar-refractivity contribution in [2.75, 3.05) is 13.2 Å². The fourth-order valence-electron chi connectivity index (χ4n) is 1.42. The minimum absolute atomic E-state index is 0.0613. The second-order valence-corrected chi connectivity index (χ2v) is 4.47. The second kappa shape index (κ2) is 7.24. The summed E-state index contributed by atoms with van der Waals surface area (Å²) >= 11 is 5.84. The van der Waals surface area contributed by atoms with Gasteiger partial charge in [-0.1, -0.05) is 11.6 Å². The number of halogens is 1. The van der Waals surface area contributed by atoms with Crippen molar-refractivity contribution in [3.63, 3.8) is 0 Å². The first-order valence-electron chi connectivity index (χ1n) is 5.86. The van der Waals surface area contributed by atoms with Crippen LogP contribution < -0.4 is 10.1 Å². The molecule has 1 amide bonds. The van der Waals surface area contributed by atoms with E-state index < -0.39 is 6.10 Å². The van der Waals surface area contributed by atoms with E-state index in [1.807, 2.05) is 6.92 Å². The Kier molecular flexibility index (Phi) is 5.95. The summed E-state index contributed by atoms with van der Waals surface area (Å²) in [5, 5.41) is 11.9. The van der Waals surface area contributed by atoms with Crippen molar-refractivity contribution in [2.45, 2.75) is 26.4 Å². The van der Waals surface area contributed by atoms with Crippen LogP contribution in [0.5, 0.6) is 5.75 Å². The van der Waals surface area contributed by atoms with Crippen LogP contribution in [0.25, 0.3) is 0 Å². The number of aliphatic hydroxyl groups is 1. The lowest BCUT2D eigenvalue weighted by Crippen LogP contribution is -2.37. The van der Waals surface area contributed by atoms with Gasteiger partial charge in [0, 0.05) is 18.2 Å². The van der Waals surface area contributed by atoms with Crippen LogP contribution in [0.3, 0.4) is 0 Å². The molecule has 0 bridgehead atoms. The van der Waals surface area contributed by atoms with Gasteiger partial charge in [-0.25, -0.2) is 0 Å². The van der Waals surface area contributed by atoms with Crippen LogP contribution in [0.1, 0.15) is 18.9 Å². The van der Waals surface area contributed by atoms with Gasteiger partial charge in [0.2, 0.25) is 0 Å². The van der Waals surface area contributed by atoms with Gasteiger partial charge in [0.05, 0.1) is 0 Å². The number of carbonyl (C=O) groups is 1. The molecular formula is C13H18ClNO3. The van der Waals surface area contributed by atoms with E-state index in [1.165, 1.54) is 0 Å². The molecule has 1 atom stereocenters. The van der Waals surface area contributed by atoms with E-state index in [0.717, 1.165) is 5.56 Å². The number of hydrogen-bond donors (Lipinski definition) is 2. The summed E-state index contributed by atoms with van der Waals surface area (Å²) in [7, 11) is 0. The van der Waals surface area contributed by atoms with Gasteiger partial charge < -0.3 is 15.2 Å². The average molecular weight is 272 g/mol. The normalized spacial score (nSPS) is 12.0. The molecule has 1 unspecified atom stereocenters. The van der Waals surface area contributed by atoms with Crippen LogP contribution in [0.2, 0.25) is 5.02 Å². The van der Waals surface area contributed by atoms with E-state index in [1.54, 1.807) is 25.1 Å². The second-order valence-electron chi connectivity index (χ2n) is 4.04. The van der Waals surface area contributed by atoms with Crippen molar-refractivity contribution >= 4 is 17.5 Å². The Morgan fingerprint density at radius 2 is 2.28 bits per heavy atom. The molecule has 0 fully saturated rings. The molecule has 0 aliphatic heterocycles. The summed E-state index contributed by atoms with van der Waals surface area (Å²) in [5.41, 5.74) is 0.887. The lowest BCUT2D eigenvalue weighted by Gasteiger charge is -2.16. The number of carbonyl (C=O) groups excluding carboxylic acids is 1. The van der Waals surface area contributed by atoms with E-state index in [2.05, 4.69) is 5.32 Å². The third kappa shape index (κ3) is 4.55. The van der Waals surface area contributed by atoms with Gasteiger partial charge in [0.1, 0.15) is 5.75 Å². The molecule has 5 heteroatoms. The number of aryl methyl sites for hydroxylation is 1. The maximum Gasteiger partial charge on any atom is 0.260 e. The third-order valence-electron chi connectivity index (χ3n) is 2.44. The van der Waals surface area contributed by atoms with Gasteiger partial charge in [-0.05, 0) is 44.0 Å². The average Bonchev–Trinajstić information content (AvgIpc) is 2.32. The number of rotatable bonds is 6. The highest BCUT2D eigenvalue weighted by molar-refractivity contribution is 6.30. The van der Waals surface area contributed by atoms with Crippen LogP contribution in [0, 0.1) is 6.92 Å². The van der Waals surface area contributed by atoms with Crippen molar-refractivity contribution in [1.29, 1.82) is 0 Å². The van der Waals surface area contributed by atoms with E-state index in [-0.39, 0.29) is 12.5 Å². The van der Waals surface area contributed by atoms with Gasteiger partial charge in [-0.15, -0.1) is 0 Å². The molecule has 1 rings (SSSR count). The summed E-state index contributed by atoms with van der Waals surface area (Å²) in [5.74, 6) is 0.446. The highest BCUT2D eigenvalue weighted by Crippen LogP contribution is 2.22. The molecule has 0 heterocycles. The molecule has 2 N–H and O–H groups in total. The monoisotopic (exact) mass is 271 g/mol. The van der Waals surface area contributed by atoms with Crippen molar-refractivity contribution in [1.82, 2.24) is 5.32 Å². The molecule has 0 saturated heterocycles. The predicted molar refractivity (Wildman–Crippen MR) is 71.0 cm³/mol. The Balaban J connectivity index is 2.53. The molecule has 18 heavy (non-hydrogen) atoms. The fraction of sp³-hybridized carbons (Fsp3) is 0.462. The van der Waals surface area contributed by atoms with Crippen molar-refractivity contribution in [3.05, 3.63) is 28.8 Å². The topological polar surface area (TPSA) is 58.6 Å². The molecule has 1 aromatic rings. The maximum atomic E-state index is 11.7. The van der Waals surface area contributed by atoms with Crippen LogP contribution in [-0.2, 0) is 4.79 Å². The van der Waals surface area contributed by atoms with Gasteiger partial charge in [-0.3, -0.25) is 4.79 Å².